The van der Waals surface area contributed by atoms with Crippen LogP contribution in [0.2, 0.25) is 0 Å². The fraction of sp³-hybridized carbons (Fsp3) is 0.231. The van der Waals surface area contributed by atoms with Crippen LogP contribution in [0.1, 0.15) is 10.4 Å². The molecule has 0 heterocycles. The van der Waals surface area contributed by atoms with E-state index in [1.165, 1.54) is 26.4 Å². The molecular formula is C13H14O6. The molecule has 0 saturated heterocycles. The molecule has 1 aromatic rings. The molecule has 0 spiro atoms. The first kappa shape index (κ1) is 14.7. The van der Waals surface area contributed by atoms with Gasteiger partial charge < -0.3 is 19.3 Å². The van der Waals surface area contributed by atoms with Gasteiger partial charge in [0.1, 0.15) is 6.61 Å². The summed E-state index contributed by atoms with van der Waals surface area (Å²) in [6.07, 6.45) is 0.972. The fourth-order valence-corrected chi connectivity index (χ4v) is 1.45. The molecule has 1 aromatic carbocycles. The van der Waals surface area contributed by atoms with E-state index in [2.05, 4.69) is 6.58 Å². The normalized spacial score (nSPS) is 9.63. The molecule has 0 aliphatic rings. The van der Waals surface area contributed by atoms with Gasteiger partial charge in [0.25, 0.3) is 0 Å². The molecule has 0 radical (unpaired) electrons. The predicted molar refractivity (Wildman–Crippen MR) is 66.8 cm³/mol. The Kier molecular flexibility index (Phi) is 5.08. The van der Waals surface area contributed by atoms with E-state index in [1.807, 2.05) is 0 Å². The van der Waals surface area contributed by atoms with Gasteiger partial charge in [-0.05, 0) is 12.1 Å². The quantitative estimate of drug-likeness (QED) is 0.357. The van der Waals surface area contributed by atoms with Crippen LogP contribution in [0.15, 0.2) is 24.8 Å². The second-order valence-electron chi connectivity index (χ2n) is 3.38. The van der Waals surface area contributed by atoms with E-state index in [4.69, 9.17) is 19.3 Å². The van der Waals surface area contributed by atoms with Crippen LogP contribution in [0.5, 0.6) is 17.2 Å². The highest BCUT2D eigenvalue weighted by Gasteiger charge is 2.22. The molecule has 0 aliphatic heterocycles. The van der Waals surface area contributed by atoms with Crippen molar-refractivity contribution < 1.29 is 28.9 Å². The first-order valence-electron chi connectivity index (χ1n) is 5.32. The summed E-state index contributed by atoms with van der Waals surface area (Å²) in [5.74, 6) is -1.06. The maximum atomic E-state index is 11.6. The second-order valence-corrected chi connectivity index (χ2v) is 3.38. The minimum atomic E-state index is -0.717. The van der Waals surface area contributed by atoms with Crippen LogP contribution >= 0.6 is 0 Å². The Bertz CT molecular complexity index is 506. The maximum absolute atomic E-state index is 11.6. The largest absolute Gasteiger partial charge is 0.493 e. The van der Waals surface area contributed by atoms with Crippen molar-refractivity contribution in [1.29, 1.82) is 0 Å². The van der Waals surface area contributed by atoms with Gasteiger partial charge in [0.2, 0.25) is 5.75 Å². The lowest BCUT2D eigenvalue weighted by Crippen LogP contribution is -2.11. The molecule has 6 nitrogen and oxygen atoms in total. The zero-order chi connectivity index (χ0) is 14.4. The van der Waals surface area contributed by atoms with E-state index in [0.717, 1.165) is 6.08 Å². The number of aliphatic hydroxyl groups excluding tert-OH is 1. The summed E-state index contributed by atoms with van der Waals surface area (Å²) in [5, 5.41) is 8.89. The number of benzene rings is 1. The van der Waals surface area contributed by atoms with E-state index < -0.39 is 18.4 Å². The smallest absolute Gasteiger partial charge is 0.335 e. The van der Waals surface area contributed by atoms with E-state index in [0.29, 0.717) is 0 Å². The summed E-state index contributed by atoms with van der Waals surface area (Å²) in [6.45, 7) is 2.60. The number of rotatable bonds is 6. The summed E-state index contributed by atoms with van der Waals surface area (Å²) in [4.78, 5) is 22.9. The van der Waals surface area contributed by atoms with Crippen molar-refractivity contribution in [2.45, 2.75) is 0 Å². The first-order valence-corrected chi connectivity index (χ1v) is 5.32. The highest BCUT2D eigenvalue weighted by atomic mass is 16.6. The predicted octanol–water partition coefficient (Wildman–Crippen LogP) is 0.970. The van der Waals surface area contributed by atoms with Crippen LogP contribution in [0, 0.1) is 0 Å². The van der Waals surface area contributed by atoms with Gasteiger partial charge >= 0.3 is 5.97 Å². The molecular weight excluding hydrogens is 252 g/mol. The van der Waals surface area contributed by atoms with Gasteiger partial charge in [-0.2, -0.15) is 0 Å². The molecule has 6 heteroatoms. The van der Waals surface area contributed by atoms with Crippen LogP contribution in [-0.4, -0.2) is 37.7 Å². The van der Waals surface area contributed by atoms with E-state index in [-0.39, 0.29) is 22.8 Å². The maximum Gasteiger partial charge on any atom is 0.335 e. The molecule has 1 rings (SSSR count). The lowest BCUT2D eigenvalue weighted by molar-refractivity contribution is -0.129. The third-order valence-corrected chi connectivity index (χ3v) is 2.31. The summed E-state index contributed by atoms with van der Waals surface area (Å²) >= 11 is 0. The molecule has 0 amide bonds. The van der Waals surface area contributed by atoms with Gasteiger partial charge in [0.15, 0.2) is 17.3 Å². The number of hydrogen-bond acceptors (Lipinski definition) is 6. The Morgan fingerprint density at radius 2 is 1.95 bits per heavy atom. The number of esters is 1. The molecule has 19 heavy (non-hydrogen) atoms. The van der Waals surface area contributed by atoms with Gasteiger partial charge in [0.05, 0.1) is 19.8 Å². The molecule has 0 fully saturated rings. The van der Waals surface area contributed by atoms with Gasteiger partial charge in [-0.15, -0.1) is 0 Å². The summed E-state index contributed by atoms with van der Waals surface area (Å²) < 4.78 is 15.1. The number of Topliss-reactive ketones (excluding diaryl/α,β-unsaturated/α-hetero) is 1. The van der Waals surface area contributed by atoms with Gasteiger partial charge in [-0.25, -0.2) is 4.79 Å². The van der Waals surface area contributed by atoms with E-state index in [1.54, 1.807) is 0 Å². The van der Waals surface area contributed by atoms with Crippen LogP contribution in [0.25, 0.3) is 0 Å². The van der Waals surface area contributed by atoms with Crippen molar-refractivity contribution in [2.75, 3.05) is 20.8 Å². The Labute approximate surface area is 110 Å². The molecule has 0 aromatic heterocycles. The highest BCUT2D eigenvalue weighted by Crippen LogP contribution is 2.40. The van der Waals surface area contributed by atoms with Crippen LogP contribution in [0.3, 0.4) is 0 Å². The number of carbonyl (C=O) groups excluding carboxylic acids is 2. The Morgan fingerprint density at radius 3 is 2.42 bits per heavy atom. The molecule has 0 bridgehead atoms. The standard InChI is InChI=1S/C13H14O6/c1-4-11(16)19-13-10(17-2)6-5-8(9(15)7-14)12(13)18-3/h4-6,14H,1,7H2,2-3H3. The zero-order valence-electron chi connectivity index (χ0n) is 10.6. The molecule has 0 aliphatic carbocycles. The number of aliphatic hydroxyl groups is 1. The zero-order valence-corrected chi connectivity index (χ0v) is 10.6. The highest BCUT2D eigenvalue weighted by molar-refractivity contribution is 6.01. The number of ketones is 1. The Balaban J connectivity index is 3.40. The Morgan fingerprint density at radius 1 is 1.26 bits per heavy atom. The average Bonchev–Trinajstić information content (AvgIpc) is 2.45. The summed E-state index contributed by atoms with van der Waals surface area (Å²) in [7, 11) is 2.70. The number of ether oxygens (including phenoxy) is 3. The molecule has 102 valence electrons. The number of carbonyl (C=O) groups is 2. The monoisotopic (exact) mass is 266 g/mol. The third-order valence-electron chi connectivity index (χ3n) is 2.31. The summed E-state index contributed by atoms with van der Waals surface area (Å²) in [6, 6.07) is 2.86. The van der Waals surface area contributed by atoms with Crippen LogP contribution in [-0.2, 0) is 4.79 Å². The second kappa shape index (κ2) is 6.55. The first-order chi connectivity index (χ1) is 9.08. The third kappa shape index (κ3) is 3.11. The SMILES string of the molecule is C=CC(=O)Oc1c(OC)ccc(C(=O)CO)c1OC. The van der Waals surface area contributed by atoms with Crippen LogP contribution in [0.4, 0.5) is 0 Å². The lowest BCUT2D eigenvalue weighted by atomic mass is 10.1. The van der Waals surface area contributed by atoms with E-state index in [9.17, 15) is 9.59 Å². The number of hydrogen-bond donors (Lipinski definition) is 1. The molecule has 0 saturated carbocycles. The van der Waals surface area contributed by atoms with Crippen molar-refractivity contribution in [3.63, 3.8) is 0 Å². The Hall–Kier alpha value is -2.34. The molecule has 0 unspecified atom stereocenters. The number of methoxy groups -OCH3 is 2. The minimum absolute atomic E-state index is 0.0219. The van der Waals surface area contributed by atoms with Crippen LogP contribution < -0.4 is 14.2 Å². The van der Waals surface area contributed by atoms with Crippen molar-refractivity contribution in [3.05, 3.63) is 30.4 Å². The van der Waals surface area contributed by atoms with Crippen molar-refractivity contribution >= 4 is 11.8 Å². The van der Waals surface area contributed by atoms with Gasteiger partial charge in [-0.3, -0.25) is 4.79 Å². The molecule has 1 N–H and O–H groups in total. The molecule has 0 atom stereocenters. The van der Waals surface area contributed by atoms with Crippen molar-refractivity contribution in [3.8, 4) is 17.2 Å². The summed E-state index contributed by atoms with van der Waals surface area (Å²) in [5.41, 5.74) is 0.0951. The average molecular weight is 266 g/mol. The fourth-order valence-electron chi connectivity index (χ4n) is 1.45. The minimum Gasteiger partial charge on any atom is -0.493 e. The van der Waals surface area contributed by atoms with Crippen molar-refractivity contribution in [2.24, 2.45) is 0 Å². The lowest BCUT2D eigenvalue weighted by Gasteiger charge is -2.14. The van der Waals surface area contributed by atoms with Gasteiger partial charge in [-0.1, -0.05) is 6.58 Å². The van der Waals surface area contributed by atoms with E-state index >= 15 is 0 Å². The van der Waals surface area contributed by atoms with Gasteiger partial charge in [0, 0.05) is 6.08 Å². The van der Waals surface area contributed by atoms with Crippen molar-refractivity contribution in [1.82, 2.24) is 0 Å². The topological polar surface area (TPSA) is 82.1 Å².